The first-order valence-electron chi connectivity index (χ1n) is 7.72. The van der Waals surface area contributed by atoms with E-state index in [1.807, 2.05) is 18.2 Å². The lowest BCUT2D eigenvalue weighted by molar-refractivity contribution is -0.153. The first-order chi connectivity index (χ1) is 11.8. The minimum Gasteiger partial charge on any atom is -0.484 e. The van der Waals surface area contributed by atoms with Gasteiger partial charge in [0, 0.05) is 18.7 Å². The summed E-state index contributed by atoms with van der Waals surface area (Å²) in [5.41, 5.74) is 8.03. The Morgan fingerprint density at radius 3 is 2.54 bits per heavy atom. The van der Waals surface area contributed by atoms with Crippen LogP contribution < -0.4 is 15.8 Å². The van der Waals surface area contributed by atoms with E-state index in [4.69, 9.17) is 5.73 Å². The Balaban J connectivity index is 0.00000338. The second-order valence-electron chi connectivity index (χ2n) is 5.53. The fraction of sp³-hybridized carbons (Fsp3) is 0.278. The Morgan fingerprint density at radius 1 is 1.12 bits per heavy atom. The normalized spacial score (nSPS) is 10.7. The smallest absolute Gasteiger partial charge is 0.422 e. The molecule has 3 N–H and O–H groups in total. The average Bonchev–Trinajstić information content (AvgIpc) is 2.57. The van der Waals surface area contributed by atoms with Crippen LogP contribution in [0.1, 0.15) is 17.5 Å². The number of alkyl halides is 3. The van der Waals surface area contributed by atoms with E-state index in [0.717, 1.165) is 5.56 Å². The van der Waals surface area contributed by atoms with Gasteiger partial charge < -0.3 is 15.8 Å². The van der Waals surface area contributed by atoms with Crippen LogP contribution in [0.15, 0.2) is 48.5 Å². The maximum Gasteiger partial charge on any atom is 0.422 e. The van der Waals surface area contributed by atoms with Crippen LogP contribution in [0.25, 0.3) is 0 Å². The summed E-state index contributed by atoms with van der Waals surface area (Å²) in [6.07, 6.45) is -3.59. The average molecular weight is 389 g/mol. The van der Waals surface area contributed by atoms with Crippen LogP contribution in [0.3, 0.4) is 0 Å². The van der Waals surface area contributed by atoms with Crippen molar-refractivity contribution in [2.24, 2.45) is 0 Å². The predicted octanol–water partition coefficient (Wildman–Crippen LogP) is 3.88. The first-order valence-corrected chi connectivity index (χ1v) is 7.72. The fourth-order valence-electron chi connectivity index (χ4n) is 2.21. The number of ether oxygens (including phenoxy) is 1. The van der Waals surface area contributed by atoms with E-state index in [1.54, 1.807) is 18.2 Å². The molecule has 142 valence electrons. The van der Waals surface area contributed by atoms with E-state index >= 15 is 0 Å². The SMILES string of the molecule is Cl.Nc1ccccc1CCC(=O)NCc1cccc(OCC(F)(F)F)c1. The number of carbonyl (C=O) groups is 1. The van der Waals surface area contributed by atoms with Crippen molar-refractivity contribution in [3.05, 3.63) is 59.7 Å². The molecule has 26 heavy (non-hydrogen) atoms. The third kappa shape index (κ3) is 7.65. The van der Waals surface area contributed by atoms with Crippen molar-refractivity contribution in [1.29, 1.82) is 0 Å². The third-order valence-electron chi connectivity index (χ3n) is 3.47. The second kappa shape index (κ2) is 9.91. The summed E-state index contributed by atoms with van der Waals surface area (Å²) in [4.78, 5) is 11.9. The van der Waals surface area contributed by atoms with Gasteiger partial charge in [0.1, 0.15) is 5.75 Å². The lowest BCUT2D eigenvalue weighted by Gasteiger charge is -2.11. The molecule has 0 radical (unpaired) electrons. The highest BCUT2D eigenvalue weighted by Crippen LogP contribution is 2.19. The van der Waals surface area contributed by atoms with Crippen molar-refractivity contribution in [1.82, 2.24) is 5.32 Å². The number of nitrogens with one attached hydrogen (secondary N) is 1. The van der Waals surface area contributed by atoms with Crippen molar-refractivity contribution in [2.45, 2.75) is 25.6 Å². The number of hydrogen-bond donors (Lipinski definition) is 2. The van der Waals surface area contributed by atoms with Crippen molar-refractivity contribution in [3.8, 4) is 5.75 Å². The van der Waals surface area contributed by atoms with E-state index in [9.17, 15) is 18.0 Å². The Hall–Kier alpha value is -2.41. The summed E-state index contributed by atoms with van der Waals surface area (Å²) in [5.74, 6) is -0.0500. The highest BCUT2D eigenvalue weighted by Gasteiger charge is 2.28. The molecule has 0 aliphatic heterocycles. The lowest BCUT2D eigenvalue weighted by Crippen LogP contribution is -2.23. The summed E-state index contributed by atoms with van der Waals surface area (Å²) >= 11 is 0. The standard InChI is InChI=1S/C18H19F3N2O2.ClH/c19-18(20,21)12-25-15-6-3-4-13(10-15)11-23-17(24)9-8-14-5-1-2-7-16(14)22;/h1-7,10H,8-9,11-12,22H2,(H,23,24);1H. The maximum atomic E-state index is 12.2. The number of hydrogen-bond acceptors (Lipinski definition) is 3. The molecule has 0 aliphatic rings. The number of halogens is 4. The predicted molar refractivity (Wildman–Crippen MR) is 96.3 cm³/mol. The monoisotopic (exact) mass is 388 g/mol. The van der Waals surface area contributed by atoms with Crippen LogP contribution in [0, 0.1) is 0 Å². The van der Waals surface area contributed by atoms with Crippen molar-refractivity contribution >= 4 is 24.0 Å². The van der Waals surface area contributed by atoms with Crippen molar-refractivity contribution < 1.29 is 22.7 Å². The van der Waals surface area contributed by atoms with Crippen LogP contribution in [0.4, 0.5) is 18.9 Å². The zero-order valence-electron chi connectivity index (χ0n) is 13.9. The van der Waals surface area contributed by atoms with Crippen LogP contribution >= 0.6 is 12.4 Å². The summed E-state index contributed by atoms with van der Waals surface area (Å²) in [5, 5.41) is 2.73. The van der Waals surface area contributed by atoms with Gasteiger partial charge in [-0.25, -0.2) is 0 Å². The zero-order chi connectivity index (χ0) is 18.3. The number of rotatable bonds is 7. The zero-order valence-corrected chi connectivity index (χ0v) is 14.7. The summed E-state index contributed by atoms with van der Waals surface area (Å²) in [6, 6.07) is 13.5. The van der Waals surface area contributed by atoms with Gasteiger partial charge in [0.2, 0.25) is 5.91 Å². The number of nitrogens with two attached hydrogens (primary N) is 1. The number of nitrogen functional groups attached to an aromatic ring is 1. The molecule has 0 unspecified atom stereocenters. The molecule has 2 aromatic rings. The van der Waals surface area contributed by atoms with Crippen molar-refractivity contribution in [3.63, 3.8) is 0 Å². The second-order valence-corrected chi connectivity index (χ2v) is 5.53. The van der Waals surface area contributed by atoms with Gasteiger partial charge in [0.25, 0.3) is 0 Å². The lowest BCUT2D eigenvalue weighted by atomic mass is 10.1. The molecule has 0 bridgehead atoms. The van der Waals surface area contributed by atoms with Gasteiger partial charge >= 0.3 is 6.18 Å². The molecule has 0 spiro atoms. The van der Waals surface area contributed by atoms with Gasteiger partial charge in [0.15, 0.2) is 6.61 Å². The minimum absolute atomic E-state index is 0. The molecule has 0 heterocycles. The molecule has 4 nitrogen and oxygen atoms in total. The van der Waals surface area contributed by atoms with E-state index in [-0.39, 0.29) is 37.0 Å². The van der Waals surface area contributed by atoms with Gasteiger partial charge in [-0.2, -0.15) is 13.2 Å². The number of benzene rings is 2. The molecule has 0 aromatic heterocycles. The quantitative estimate of drug-likeness (QED) is 0.707. The summed E-state index contributed by atoms with van der Waals surface area (Å²) < 4.78 is 41.2. The minimum atomic E-state index is -4.39. The molecular weight excluding hydrogens is 369 g/mol. The fourth-order valence-corrected chi connectivity index (χ4v) is 2.21. The van der Waals surface area contributed by atoms with Crippen molar-refractivity contribution in [2.75, 3.05) is 12.3 Å². The molecule has 0 aliphatic carbocycles. The van der Waals surface area contributed by atoms with Crippen LogP contribution in [-0.4, -0.2) is 18.7 Å². The van der Waals surface area contributed by atoms with Crippen LogP contribution in [0.5, 0.6) is 5.75 Å². The summed E-state index contributed by atoms with van der Waals surface area (Å²) in [6.45, 7) is -1.13. The molecule has 8 heteroatoms. The number of aryl methyl sites for hydroxylation is 1. The summed E-state index contributed by atoms with van der Waals surface area (Å²) in [7, 11) is 0. The van der Waals surface area contributed by atoms with E-state index in [2.05, 4.69) is 10.1 Å². The largest absolute Gasteiger partial charge is 0.484 e. The Labute approximate surface area is 155 Å². The molecule has 2 aromatic carbocycles. The first kappa shape index (κ1) is 21.6. The topological polar surface area (TPSA) is 64.4 Å². The van der Waals surface area contributed by atoms with Gasteiger partial charge in [-0.3, -0.25) is 4.79 Å². The van der Waals surface area contributed by atoms with Crippen LogP contribution in [0.2, 0.25) is 0 Å². The molecule has 0 atom stereocenters. The van der Waals surface area contributed by atoms with E-state index < -0.39 is 12.8 Å². The number of amides is 1. The molecule has 0 fully saturated rings. The van der Waals surface area contributed by atoms with Crippen LogP contribution in [-0.2, 0) is 17.8 Å². The third-order valence-corrected chi connectivity index (χ3v) is 3.47. The van der Waals surface area contributed by atoms with Gasteiger partial charge in [-0.05, 0) is 35.7 Å². The molecule has 0 saturated carbocycles. The number of anilines is 1. The highest BCUT2D eigenvalue weighted by molar-refractivity contribution is 5.85. The Kier molecular flexibility index (Phi) is 8.25. The number of carbonyl (C=O) groups excluding carboxylic acids is 1. The van der Waals surface area contributed by atoms with Gasteiger partial charge in [-0.1, -0.05) is 30.3 Å². The van der Waals surface area contributed by atoms with E-state index in [1.165, 1.54) is 12.1 Å². The highest BCUT2D eigenvalue weighted by atomic mass is 35.5. The molecular formula is C18H20ClF3N2O2. The Bertz CT molecular complexity index is 724. The molecule has 2 rings (SSSR count). The maximum absolute atomic E-state index is 12.2. The molecule has 1 amide bonds. The molecule has 0 saturated heterocycles. The van der Waals surface area contributed by atoms with Gasteiger partial charge in [0.05, 0.1) is 0 Å². The Morgan fingerprint density at radius 2 is 1.85 bits per heavy atom. The number of para-hydroxylation sites is 1. The van der Waals surface area contributed by atoms with Gasteiger partial charge in [-0.15, -0.1) is 12.4 Å². The van der Waals surface area contributed by atoms with E-state index in [0.29, 0.717) is 17.7 Å².